The molecule has 1 amide bonds. The van der Waals surface area contributed by atoms with E-state index in [0.717, 1.165) is 19.2 Å². The molecule has 0 aromatic heterocycles. The SMILES string of the molecule is COC(=O)[C@@H](CCC#N)NC(=O)c1cccc(F)c1F. The Balaban J connectivity index is 2.88. The van der Waals surface area contributed by atoms with E-state index in [2.05, 4.69) is 10.1 Å². The minimum atomic E-state index is -1.30. The van der Waals surface area contributed by atoms with Crippen molar-refractivity contribution >= 4 is 11.9 Å². The van der Waals surface area contributed by atoms with Crippen LogP contribution in [0.15, 0.2) is 18.2 Å². The number of methoxy groups -OCH3 is 1. The lowest BCUT2D eigenvalue weighted by Gasteiger charge is -2.15. The van der Waals surface area contributed by atoms with Crippen LogP contribution < -0.4 is 5.32 Å². The fourth-order valence-electron chi connectivity index (χ4n) is 1.52. The standard InChI is InChI=1S/C13H12F2N2O3/c1-20-13(19)10(6-3-7-16)17-12(18)8-4-2-5-9(14)11(8)15/h2,4-5,10H,3,6H2,1H3,(H,17,18)/t10-/m1/s1. The van der Waals surface area contributed by atoms with Gasteiger partial charge in [-0.2, -0.15) is 5.26 Å². The van der Waals surface area contributed by atoms with Crippen molar-refractivity contribution in [2.45, 2.75) is 18.9 Å². The van der Waals surface area contributed by atoms with Crippen LogP contribution in [0.4, 0.5) is 8.78 Å². The van der Waals surface area contributed by atoms with Crippen molar-refractivity contribution in [1.29, 1.82) is 5.26 Å². The maximum absolute atomic E-state index is 13.4. The smallest absolute Gasteiger partial charge is 0.328 e. The third-order valence-electron chi connectivity index (χ3n) is 2.53. The van der Waals surface area contributed by atoms with E-state index < -0.39 is 35.1 Å². The van der Waals surface area contributed by atoms with E-state index in [0.29, 0.717) is 0 Å². The summed E-state index contributed by atoms with van der Waals surface area (Å²) in [5.41, 5.74) is -0.518. The van der Waals surface area contributed by atoms with E-state index in [1.54, 1.807) is 0 Å². The molecule has 106 valence electrons. The molecule has 0 bridgehead atoms. The number of ether oxygens (including phenoxy) is 1. The monoisotopic (exact) mass is 282 g/mol. The first-order chi connectivity index (χ1) is 9.51. The maximum Gasteiger partial charge on any atom is 0.328 e. The first kappa shape index (κ1) is 15.6. The third kappa shape index (κ3) is 3.75. The number of amides is 1. The van der Waals surface area contributed by atoms with Gasteiger partial charge in [0.15, 0.2) is 11.6 Å². The van der Waals surface area contributed by atoms with Crippen molar-refractivity contribution in [2.75, 3.05) is 7.11 Å². The van der Waals surface area contributed by atoms with Gasteiger partial charge < -0.3 is 10.1 Å². The Kier molecular flexibility index (Phi) is 5.59. The van der Waals surface area contributed by atoms with Gasteiger partial charge in [0, 0.05) is 6.42 Å². The number of nitrogens with zero attached hydrogens (tertiary/aromatic N) is 1. The first-order valence-corrected chi connectivity index (χ1v) is 5.71. The molecule has 1 rings (SSSR count). The Morgan fingerprint density at radius 2 is 2.15 bits per heavy atom. The number of halogens is 2. The lowest BCUT2D eigenvalue weighted by Crippen LogP contribution is -2.41. The summed E-state index contributed by atoms with van der Waals surface area (Å²) in [6, 6.07) is 3.87. The molecule has 20 heavy (non-hydrogen) atoms. The van der Waals surface area contributed by atoms with Crippen LogP contribution in [0, 0.1) is 23.0 Å². The zero-order valence-corrected chi connectivity index (χ0v) is 10.7. The topological polar surface area (TPSA) is 79.2 Å². The predicted octanol–water partition coefficient (Wildman–Crippen LogP) is 1.54. The third-order valence-corrected chi connectivity index (χ3v) is 2.53. The highest BCUT2D eigenvalue weighted by Gasteiger charge is 2.23. The summed E-state index contributed by atoms with van der Waals surface area (Å²) >= 11 is 0. The summed E-state index contributed by atoms with van der Waals surface area (Å²) in [6.07, 6.45) is 0.0253. The molecular formula is C13H12F2N2O3. The largest absolute Gasteiger partial charge is 0.467 e. The van der Waals surface area contributed by atoms with Gasteiger partial charge >= 0.3 is 5.97 Å². The van der Waals surface area contributed by atoms with Crippen molar-refractivity contribution in [3.8, 4) is 6.07 Å². The maximum atomic E-state index is 13.4. The van der Waals surface area contributed by atoms with Gasteiger partial charge in [0.05, 0.1) is 18.7 Å². The second kappa shape index (κ2) is 7.19. The number of hydrogen-bond acceptors (Lipinski definition) is 4. The van der Waals surface area contributed by atoms with Gasteiger partial charge in [-0.05, 0) is 18.6 Å². The molecule has 0 aliphatic rings. The fraction of sp³-hybridized carbons (Fsp3) is 0.308. The summed E-state index contributed by atoms with van der Waals surface area (Å²) in [5, 5.41) is 10.7. The van der Waals surface area contributed by atoms with Crippen LogP contribution in [-0.2, 0) is 9.53 Å². The Morgan fingerprint density at radius 1 is 1.45 bits per heavy atom. The van der Waals surface area contributed by atoms with Crippen molar-refractivity contribution in [2.24, 2.45) is 0 Å². The van der Waals surface area contributed by atoms with Crippen molar-refractivity contribution in [3.05, 3.63) is 35.4 Å². The molecule has 1 atom stereocenters. The van der Waals surface area contributed by atoms with Gasteiger partial charge in [-0.25, -0.2) is 13.6 Å². The average Bonchev–Trinajstić information content (AvgIpc) is 2.45. The van der Waals surface area contributed by atoms with E-state index >= 15 is 0 Å². The molecule has 1 N–H and O–H groups in total. The molecule has 0 spiro atoms. The second-order valence-corrected chi connectivity index (χ2v) is 3.85. The average molecular weight is 282 g/mol. The molecule has 0 aliphatic heterocycles. The highest BCUT2D eigenvalue weighted by atomic mass is 19.2. The molecular weight excluding hydrogens is 270 g/mol. The van der Waals surface area contributed by atoms with Crippen LogP contribution >= 0.6 is 0 Å². The molecule has 5 nitrogen and oxygen atoms in total. The van der Waals surface area contributed by atoms with Crippen molar-refractivity contribution in [3.63, 3.8) is 0 Å². The molecule has 1 aromatic rings. The second-order valence-electron chi connectivity index (χ2n) is 3.85. The van der Waals surface area contributed by atoms with E-state index in [9.17, 15) is 18.4 Å². The van der Waals surface area contributed by atoms with Crippen molar-refractivity contribution < 1.29 is 23.1 Å². The number of hydrogen-bond donors (Lipinski definition) is 1. The summed E-state index contributed by atoms with van der Waals surface area (Å²) in [5.74, 6) is -4.17. The van der Waals surface area contributed by atoms with Gasteiger partial charge in [0.1, 0.15) is 6.04 Å². The molecule has 0 fully saturated rings. The minimum absolute atomic E-state index is 0.00563. The fourth-order valence-corrected chi connectivity index (χ4v) is 1.52. The van der Waals surface area contributed by atoms with Gasteiger partial charge in [-0.15, -0.1) is 0 Å². The lowest BCUT2D eigenvalue weighted by molar-refractivity contribution is -0.143. The molecule has 0 heterocycles. The Hall–Kier alpha value is -2.49. The van der Waals surface area contributed by atoms with Crippen molar-refractivity contribution in [1.82, 2.24) is 5.32 Å². The van der Waals surface area contributed by atoms with E-state index in [4.69, 9.17) is 5.26 Å². The summed E-state index contributed by atoms with van der Waals surface area (Å²) in [6.45, 7) is 0. The van der Waals surface area contributed by atoms with Gasteiger partial charge in [-0.3, -0.25) is 4.79 Å². The highest BCUT2D eigenvalue weighted by molar-refractivity contribution is 5.97. The quantitative estimate of drug-likeness (QED) is 0.831. The summed E-state index contributed by atoms with van der Waals surface area (Å²) < 4.78 is 30.9. The van der Waals surface area contributed by atoms with E-state index in [1.807, 2.05) is 6.07 Å². The zero-order valence-electron chi connectivity index (χ0n) is 10.7. The molecule has 0 unspecified atom stereocenters. The van der Waals surface area contributed by atoms with Crippen LogP contribution in [0.5, 0.6) is 0 Å². The Morgan fingerprint density at radius 3 is 2.75 bits per heavy atom. The summed E-state index contributed by atoms with van der Waals surface area (Å²) in [7, 11) is 1.12. The highest BCUT2D eigenvalue weighted by Crippen LogP contribution is 2.12. The number of carbonyl (C=O) groups is 2. The van der Waals surface area contributed by atoms with Crippen LogP contribution in [0.1, 0.15) is 23.2 Å². The molecule has 1 aromatic carbocycles. The number of nitriles is 1. The molecule has 0 saturated carbocycles. The number of esters is 1. The van der Waals surface area contributed by atoms with Crippen LogP contribution in [0.2, 0.25) is 0 Å². The number of nitrogens with one attached hydrogen (secondary N) is 1. The Bertz CT molecular complexity index is 555. The molecule has 0 saturated heterocycles. The van der Waals surface area contributed by atoms with Gasteiger partial charge in [0.25, 0.3) is 5.91 Å². The normalized spacial score (nSPS) is 11.3. The minimum Gasteiger partial charge on any atom is -0.467 e. The number of benzene rings is 1. The molecule has 7 heteroatoms. The van der Waals surface area contributed by atoms with Crippen LogP contribution in [-0.4, -0.2) is 25.0 Å². The summed E-state index contributed by atoms with van der Waals surface area (Å²) in [4.78, 5) is 23.2. The van der Waals surface area contributed by atoms with Gasteiger partial charge in [-0.1, -0.05) is 6.07 Å². The van der Waals surface area contributed by atoms with Crippen LogP contribution in [0.25, 0.3) is 0 Å². The van der Waals surface area contributed by atoms with Gasteiger partial charge in [0.2, 0.25) is 0 Å². The van der Waals surface area contributed by atoms with Crippen LogP contribution in [0.3, 0.4) is 0 Å². The van der Waals surface area contributed by atoms with E-state index in [1.165, 1.54) is 6.07 Å². The van der Waals surface area contributed by atoms with E-state index in [-0.39, 0.29) is 12.8 Å². The first-order valence-electron chi connectivity index (χ1n) is 5.71. The number of rotatable bonds is 5. The predicted molar refractivity (Wildman–Crippen MR) is 64.5 cm³/mol. The molecule has 0 radical (unpaired) electrons. The Labute approximate surface area is 114 Å². The lowest BCUT2D eigenvalue weighted by atomic mass is 10.1. The number of carbonyl (C=O) groups excluding carboxylic acids is 2. The zero-order chi connectivity index (χ0) is 15.1. The molecule has 0 aliphatic carbocycles.